The van der Waals surface area contributed by atoms with Crippen LogP contribution >= 0.6 is 0 Å². The van der Waals surface area contributed by atoms with Crippen LogP contribution in [0.4, 0.5) is 22.0 Å². The molecule has 216 valence electrons. The van der Waals surface area contributed by atoms with Crippen LogP contribution in [0.5, 0.6) is 5.75 Å². The zero-order chi connectivity index (χ0) is 30.2. The summed E-state index contributed by atoms with van der Waals surface area (Å²) in [6.45, 7) is 2.53. The van der Waals surface area contributed by atoms with Crippen LogP contribution in [0.3, 0.4) is 0 Å². The van der Waals surface area contributed by atoms with Gasteiger partial charge in [-0.05, 0) is 56.2 Å². The Kier molecular flexibility index (Phi) is 8.08. The van der Waals surface area contributed by atoms with E-state index < -0.39 is 46.0 Å². The second kappa shape index (κ2) is 11.1. The molecule has 0 saturated heterocycles. The average molecular weight is 595 g/mol. The van der Waals surface area contributed by atoms with Crippen molar-refractivity contribution in [3.63, 3.8) is 0 Å². The minimum absolute atomic E-state index is 0.0178. The van der Waals surface area contributed by atoms with Gasteiger partial charge in [-0.3, -0.25) is 0 Å². The summed E-state index contributed by atoms with van der Waals surface area (Å²) in [6, 6.07) is 10.4. The predicted octanol–water partition coefficient (Wildman–Crippen LogP) is 4.81. The molecule has 41 heavy (non-hydrogen) atoms. The summed E-state index contributed by atoms with van der Waals surface area (Å²) < 4.78 is 101. The number of rotatable bonds is 7. The SMILES string of the molecule is COc1ccc(C#Cc2cc3nc(-c4ccc(C(F)(F)F)cc4)cc(C(F)F)n3n2)cc1S(=O)(=O)NC(C)(C)CO. The minimum atomic E-state index is -4.55. The highest BCUT2D eigenvalue weighted by Gasteiger charge is 2.30. The molecule has 0 aliphatic rings. The summed E-state index contributed by atoms with van der Waals surface area (Å²) in [6.07, 6.45) is -7.54. The lowest BCUT2D eigenvalue weighted by Crippen LogP contribution is -2.46. The van der Waals surface area contributed by atoms with Crippen LogP contribution in [0, 0.1) is 11.8 Å². The van der Waals surface area contributed by atoms with E-state index in [0.717, 1.165) is 34.8 Å². The highest BCUT2D eigenvalue weighted by atomic mass is 32.2. The van der Waals surface area contributed by atoms with Crippen LogP contribution < -0.4 is 9.46 Å². The molecular weight excluding hydrogens is 571 g/mol. The van der Waals surface area contributed by atoms with Crippen molar-refractivity contribution in [2.75, 3.05) is 13.7 Å². The summed E-state index contributed by atoms with van der Waals surface area (Å²) in [4.78, 5) is 4.03. The lowest BCUT2D eigenvalue weighted by molar-refractivity contribution is -0.137. The molecule has 0 aliphatic heterocycles. The van der Waals surface area contributed by atoms with E-state index in [-0.39, 0.29) is 38.8 Å². The lowest BCUT2D eigenvalue weighted by Gasteiger charge is -2.23. The highest BCUT2D eigenvalue weighted by Crippen LogP contribution is 2.32. The molecule has 4 aromatic rings. The maximum absolute atomic E-state index is 13.9. The van der Waals surface area contributed by atoms with E-state index in [1.165, 1.54) is 45.2 Å². The smallest absolute Gasteiger partial charge is 0.416 e. The van der Waals surface area contributed by atoms with E-state index in [1.807, 2.05) is 0 Å². The van der Waals surface area contributed by atoms with E-state index in [1.54, 1.807) is 0 Å². The van der Waals surface area contributed by atoms with E-state index in [4.69, 9.17) is 4.74 Å². The second-order valence-corrected chi connectivity index (χ2v) is 11.2. The first-order chi connectivity index (χ1) is 19.1. The molecule has 0 spiro atoms. The third-order valence-electron chi connectivity index (χ3n) is 5.78. The number of hydrogen-bond donors (Lipinski definition) is 2. The molecule has 4 rings (SSSR count). The van der Waals surface area contributed by atoms with Gasteiger partial charge in [0.1, 0.15) is 22.0 Å². The van der Waals surface area contributed by atoms with Gasteiger partial charge in [-0.1, -0.05) is 18.1 Å². The van der Waals surface area contributed by atoms with E-state index >= 15 is 0 Å². The molecule has 2 aromatic carbocycles. The summed E-state index contributed by atoms with van der Waals surface area (Å²) in [5.74, 6) is 5.45. The molecule has 0 fully saturated rings. The molecule has 0 amide bonds. The first-order valence-corrected chi connectivity index (χ1v) is 13.3. The summed E-state index contributed by atoms with van der Waals surface area (Å²) >= 11 is 0. The van der Waals surface area contributed by atoms with Crippen molar-refractivity contribution < 1.29 is 40.2 Å². The Labute approximate surface area is 231 Å². The predicted molar refractivity (Wildman–Crippen MR) is 139 cm³/mol. The van der Waals surface area contributed by atoms with E-state index in [0.29, 0.717) is 0 Å². The molecule has 0 atom stereocenters. The highest BCUT2D eigenvalue weighted by molar-refractivity contribution is 7.89. The van der Waals surface area contributed by atoms with Crippen molar-refractivity contribution in [1.82, 2.24) is 19.3 Å². The number of aromatic nitrogens is 3. The quantitative estimate of drug-likeness (QED) is 0.235. The second-order valence-electron chi connectivity index (χ2n) is 9.50. The van der Waals surface area contributed by atoms with Crippen molar-refractivity contribution in [3.8, 4) is 28.8 Å². The fraction of sp³-hybridized carbons (Fsp3) is 0.259. The number of alkyl halides is 5. The maximum Gasteiger partial charge on any atom is 0.416 e. The Morgan fingerprint density at radius 1 is 1.05 bits per heavy atom. The molecule has 2 N–H and O–H groups in total. The zero-order valence-electron chi connectivity index (χ0n) is 21.8. The fourth-order valence-electron chi connectivity index (χ4n) is 3.74. The minimum Gasteiger partial charge on any atom is -0.495 e. The first-order valence-electron chi connectivity index (χ1n) is 11.8. The molecule has 2 heterocycles. The number of benzene rings is 2. The average Bonchev–Trinajstić information content (AvgIpc) is 3.33. The van der Waals surface area contributed by atoms with Gasteiger partial charge in [-0.25, -0.2) is 31.4 Å². The molecule has 2 aromatic heterocycles. The van der Waals surface area contributed by atoms with Gasteiger partial charge in [0.15, 0.2) is 5.65 Å². The maximum atomic E-state index is 13.9. The summed E-state index contributed by atoms with van der Waals surface area (Å²) in [5.41, 5.74) is -2.13. The van der Waals surface area contributed by atoms with Crippen molar-refractivity contribution in [1.29, 1.82) is 0 Å². The standard InChI is InChI=1S/C27H23F5N4O4S/c1-26(2,15-37)35-41(38,39)23-12-16(5-11-22(23)40-3)4-10-19-13-24-33-20(14-21(25(28)29)36(24)34-19)17-6-8-18(9-7-17)27(30,31)32/h5-9,11-14,25,35,37H,15H2,1-3H3. The van der Waals surface area contributed by atoms with E-state index in [2.05, 4.69) is 26.6 Å². The van der Waals surface area contributed by atoms with Crippen LogP contribution in [0.25, 0.3) is 16.9 Å². The number of hydrogen-bond acceptors (Lipinski definition) is 6. The molecule has 0 saturated carbocycles. The van der Waals surface area contributed by atoms with Gasteiger partial charge < -0.3 is 9.84 Å². The first kappa shape index (κ1) is 29.9. The van der Waals surface area contributed by atoms with Gasteiger partial charge in [-0.2, -0.15) is 18.3 Å². The molecule has 8 nitrogen and oxygen atoms in total. The van der Waals surface area contributed by atoms with Crippen LogP contribution in [0.2, 0.25) is 0 Å². The van der Waals surface area contributed by atoms with Gasteiger partial charge in [0.2, 0.25) is 10.0 Å². The monoisotopic (exact) mass is 594 g/mol. The number of aliphatic hydroxyl groups is 1. The third-order valence-corrected chi connectivity index (χ3v) is 7.50. The van der Waals surface area contributed by atoms with Gasteiger partial charge in [0.05, 0.1) is 30.5 Å². The summed E-state index contributed by atoms with van der Waals surface area (Å²) in [5, 5.41) is 13.5. The fourth-order valence-corrected chi connectivity index (χ4v) is 5.34. The van der Waals surface area contributed by atoms with Crippen molar-refractivity contribution in [3.05, 3.63) is 77.1 Å². The molecule has 0 bridgehead atoms. The van der Waals surface area contributed by atoms with Crippen molar-refractivity contribution >= 4 is 15.7 Å². The number of sulfonamides is 1. The van der Waals surface area contributed by atoms with Crippen LogP contribution in [0.15, 0.2) is 59.5 Å². The van der Waals surface area contributed by atoms with Crippen LogP contribution in [-0.4, -0.2) is 47.4 Å². The van der Waals surface area contributed by atoms with Gasteiger partial charge in [-0.15, -0.1) is 0 Å². The number of aliphatic hydroxyl groups excluding tert-OH is 1. The van der Waals surface area contributed by atoms with Crippen molar-refractivity contribution in [2.24, 2.45) is 0 Å². The van der Waals surface area contributed by atoms with Crippen LogP contribution in [-0.2, 0) is 16.2 Å². The Morgan fingerprint density at radius 2 is 1.73 bits per heavy atom. The van der Waals surface area contributed by atoms with E-state index in [9.17, 15) is 35.5 Å². The van der Waals surface area contributed by atoms with Gasteiger partial charge in [0.25, 0.3) is 6.43 Å². The number of nitrogens with one attached hydrogen (secondary N) is 1. The molecule has 0 aliphatic carbocycles. The Morgan fingerprint density at radius 3 is 2.32 bits per heavy atom. The molecule has 0 radical (unpaired) electrons. The molecule has 0 unspecified atom stereocenters. The Bertz CT molecular complexity index is 1760. The largest absolute Gasteiger partial charge is 0.495 e. The number of nitrogens with zero attached hydrogens (tertiary/aromatic N) is 3. The molecule has 14 heteroatoms. The number of methoxy groups -OCH3 is 1. The number of halogens is 5. The van der Waals surface area contributed by atoms with Crippen molar-refractivity contribution in [2.45, 2.75) is 36.9 Å². The van der Waals surface area contributed by atoms with Crippen LogP contribution in [0.1, 0.15) is 42.8 Å². The Hall–Kier alpha value is -4.06. The Balaban J connectivity index is 1.72. The normalized spacial score (nSPS) is 12.4. The zero-order valence-corrected chi connectivity index (χ0v) is 22.6. The lowest BCUT2D eigenvalue weighted by atomic mass is 10.1. The van der Waals surface area contributed by atoms with Gasteiger partial charge >= 0.3 is 6.18 Å². The summed E-state index contributed by atoms with van der Waals surface area (Å²) in [7, 11) is -2.84. The number of ether oxygens (including phenoxy) is 1. The topological polar surface area (TPSA) is 106 Å². The molecular formula is C27H23F5N4O4S. The van der Waals surface area contributed by atoms with Gasteiger partial charge in [0, 0.05) is 17.2 Å². The number of fused-ring (bicyclic) bond motifs is 1. The third kappa shape index (κ3) is 6.64.